The van der Waals surface area contributed by atoms with Crippen molar-refractivity contribution < 1.29 is 14.5 Å². The van der Waals surface area contributed by atoms with Crippen LogP contribution in [-0.4, -0.2) is 30.1 Å². The van der Waals surface area contributed by atoms with E-state index in [1.807, 2.05) is 0 Å². The van der Waals surface area contributed by atoms with Gasteiger partial charge in [-0.15, -0.1) is 0 Å². The first-order chi connectivity index (χ1) is 9.01. The predicted molar refractivity (Wildman–Crippen MR) is 69.1 cm³/mol. The molecule has 0 atom stereocenters. The third-order valence-corrected chi connectivity index (χ3v) is 3.27. The average molecular weight is 265 g/mol. The van der Waals surface area contributed by atoms with E-state index in [2.05, 4.69) is 5.32 Å². The molecule has 0 spiro atoms. The minimum absolute atomic E-state index is 0.0640. The molecule has 7 nitrogen and oxygen atoms in total. The molecule has 0 heterocycles. The zero-order valence-electron chi connectivity index (χ0n) is 10.5. The molecule has 102 valence electrons. The van der Waals surface area contributed by atoms with Gasteiger partial charge >= 0.3 is 0 Å². The van der Waals surface area contributed by atoms with Crippen molar-refractivity contribution >= 4 is 17.3 Å². The molecule has 7 heteroatoms. The number of nitrogens with zero attached hydrogens (tertiary/aromatic N) is 1. The second-order valence-corrected chi connectivity index (χ2v) is 4.52. The van der Waals surface area contributed by atoms with E-state index in [1.54, 1.807) is 7.11 Å². The molecule has 1 aliphatic carbocycles. The fraction of sp³-hybridized carbons (Fsp3) is 0.417. The normalized spacial score (nSPS) is 21.5. The smallest absolute Gasteiger partial charge is 0.292 e. The van der Waals surface area contributed by atoms with Crippen molar-refractivity contribution in [1.82, 2.24) is 0 Å². The molecular formula is C12H15N3O4. The number of benzene rings is 1. The number of methoxy groups -OCH3 is 1. The van der Waals surface area contributed by atoms with E-state index in [9.17, 15) is 14.9 Å². The van der Waals surface area contributed by atoms with Crippen molar-refractivity contribution in [3.8, 4) is 0 Å². The highest BCUT2D eigenvalue weighted by molar-refractivity contribution is 5.94. The Hall–Kier alpha value is -2.15. The van der Waals surface area contributed by atoms with E-state index in [0.717, 1.165) is 12.8 Å². The number of rotatable bonds is 5. The Labute approximate surface area is 109 Å². The number of primary amides is 1. The van der Waals surface area contributed by atoms with Crippen LogP contribution in [0.1, 0.15) is 23.2 Å². The zero-order chi connectivity index (χ0) is 14.0. The minimum atomic E-state index is -0.610. The summed E-state index contributed by atoms with van der Waals surface area (Å²) >= 11 is 0. The zero-order valence-corrected chi connectivity index (χ0v) is 10.5. The Morgan fingerprint density at radius 3 is 2.74 bits per heavy atom. The molecule has 0 saturated heterocycles. The third kappa shape index (κ3) is 2.82. The van der Waals surface area contributed by atoms with E-state index in [1.165, 1.54) is 18.2 Å². The number of anilines is 1. The summed E-state index contributed by atoms with van der Waals surface area (Å²) in [6, 6.07) is 4.17. The predicted octanol–water partition coefficient (Wildman–Crippen LogP) is 1.28. The van der Waals surface area contributed by atoms with Gasteiger partial charge in [-0.2, -0.15) is 0 Å². The van der Waals surface area contributed by atoms with Crippen LogP contribution in [0.4, 0.5) is 11.4 Å². The highest BCUT2D eigenvalue weighted by Gasteiger charge is 2.30. The molecule has 0 bridgehead atoms. The van der Waals surface area contributed by atoms with Gasteiger partial charge in [0, 0.05) is 24.8 Å². The van der Waals surface area contributed by atoms with Gasteiger partial charge in [-0.3, -0.25) is 14.9 Å². The number of nitro groups is 1. The van der Waals surface area contributed by atoms with Crippen LogP contribution < -0.4 is 11.1 Å². The molecule has 0 aliphatic heterocycles. The first kappa shape index (κ1) is 13.3. The maximum absolute atomic E-state index is 11.1. The van der Waals surface area contributed by atoms with Crippen molar-refractivity contribution in [3.63, 3.8) is 0 Å². The first-order valence-electron chi connectivity index (χ1n) is 5.89. The number of nitrogens with two attached hydrogens (primary N) is 1. The van der Waals surface area contributed by atoms with Crippen LogP contribution in [0.25, 0.3) is 0 Å². The fourth-order valence-electron chi connectivity index (χ4n) is 2.06. The second kappa shape index (κ2) is 5.23. The Morgan fingerprint density at radius 1 is 1.53 bits per heavy atom. The molecule has 0 aromatic heterocycles. The van der Waals surface area contributed by atoms with Crippen LogP contribution in [0.5, 0.6) is 0 Å². The number of nitrogens with one attached hydrogen (secondary N) is 1. The number of carbonyl (C=O) groups is 1. The quantitative estimate of drug-likeness (QED) is 0.616. The van der Waals surface area contributed by atoms with E-state index in [0.29, 0.717) is 5.69 Å². The summed E-state index contributed by atoms with van der Waals surface area (Å²) < 4.78 is 5.15. The van der Waals surface area contributed by atoms with Crippen LogP contribution in [0, 0.1) is 10.1 Å². The van der Waals surface area contributed by atoms with Gasteiger partial charge in [0.1, 0.15) is 5.69 Å². The molecule has 0 radical (unpaired) electrons. The summed E-state index contributed by atoms with van der Waals surface area (Å²) in [5.74, 6) is -0.610. The summed E-state index contributed by atoms with van der Waals surface area (Å²) in [5, 5.41) is 14.0. The van der Waals surface area contributed by atoms with Crippen LogP contribution in [0.3, 0.4) is 0 Å². The lowest BCUT2D eigenvalue weighted by atomic mass is 9.89. The van der Waals surface area contributed by atoms with Crippen LogP contribution >= 0.6 is 0 Å². The summed E-state index contributed by atoms with van der Waals surface area (Å²) in [5.41, 5.74) is 5.68. The monoisotopic (exact) mass is 265 g/mol. The summed E-state index contributed by atoms with van der Waals surface area (Å²) in [7, 11) is 1.64. The summed E-state index contributed by atoms with van der Waals surface area (Å²) in [6.45, 7) is 0. The van der Waals surface area contributed by atoms with Crippen molar-refractivity contribution in [2.75, 3.05) is 12.4 Å². The van der Waals surface area contributed by atoms with Gasteiger partial charge in [0.25, 0.3) is 5.69 Å². The fourth-order valence-corrected chi connectivity index (χ4v) is 2.06. The number of amides is 1. The summed E-state index contributed by atoms with van der Waals surface area (Å²) in [6.07, 6.45) is 1.76. The molecule has 19 heavy (non-hydrogen) atoms. The van der Waals surface area contributed by atoms with Gasteiger partial charge in [-0.1, -0.05) is 0 Å². The van der Waals surface area contributed by atoms with Crippen LogP contribution in [0.2, 0.25) is 0 Å². The molecule has 1 fully saturated rings. The second-order valence-electron chi connectivity index (χ2n) is 4.52. The average Bonchev–Trinajstić information content (AvgIpc) is 2.32. The van der Waals surface area contributed by atoms with Crippen molar-refractivity contribution in [2.45, 2.75) is 25.0 Å². The lowest BCUT2D eigenvalue weighted by Crippen LogP contribution is -2.40. The maximum Gasteiger partial charge on any atom is 0.292 e. The van der Waals surface area contributed by atoms with Crippen molar-refractivity contribution in [2.24, 2.45) is 5.73 Å². The lowest BCUT2D eigenvalue weighted by Gasteiger charge is -2.35. The number of nitro benzene ring substituents is 1. The van der Waals surface area contributed by atoms with Crippen molar-refractivity contribution in [1.29, 1.82) is 0 Å². The van der Waals surface area contributed by atoms with Crippen LogP contribution in [-0.2, 0) is 4.74 Å². The minimum Gasteiger partial charge on any atom is -0.381 e. The van der Waals surface area contributed by atoms with Gasteiger partial charge in [0.15, 0.2) is 0 Å². The highest BCUT2D eigenvalue weighted by atomic mass is 16.6. The molecule has 2 rings (SSSR count). The Morgan fingerprint density at radius 2 is 2.21 bits per heavy atom. The number of hydrogen-bond donors (Lipinski definition) is 2. The SMILES string of the molecule is COC1CC(Nc2cc(C(N)=O)ccc2[N+](=O)[O-])C1. The van der Waals surface area contributed by atoms with Gasteiger partial charge in [0.2, 0.25) is 5.91 Å². The standard InChI is InChI=1S/C12H15N3O4/c1-19-9-5-8(6-9)14-10-4-7(12(13)16)2-3-11(10)15(17)18/h2-4,8-9,14H,5-6H2,1H3,(H2,13,16). The van der Waals surface area contributed by atoms with E-state index in [4.69, 9.17) is 10.5 Å². The van der Waals surface area contributed by atoms with Gasteiger partial charge in [-0.25, -0.2) is 0 Å². The number of carbonyl (C=O) groups excluding carboxylic acids is 1. The molecule has 1 aromatic rings. The summed E-state index contributed by atoms with van der Waals surface area (Å²) in [4.78, 5) is 21.6. The van der Waals surface area contributed by atoms with E-state index >= 15 is 0 Å². The maximum atomic E-state index is 11.1. The molecule has 1 amide bonds. The van der Waals surface area contributed by atoms with Gasteiger partial charge in [0.05, 0.1) is 11.0 Å². The van der Waals surface area contributed by atoms with Crippen molar-refractivity contribution in [3.05, 3.63) is 33.9 Å². The topological polar surface area (TPSA) is 107 Å². The Bertz CT molecular complexity index is 512. The molecule has 1 aliphatic rings. The number of ether oxygens (including phenoxy) is 1. The third-order valence-electron chi connectivity index (χ3n) is 3.27. The van der Waals surface area contributed by atoms with Gasteiger partial charge in [-0.05, 0) is 25.0 Å². The Balaban J connectivity index is 2.18. The first-order valence-corrected chi connectivity index (χ1v) is 5.89. The van der Waals surface area contributed by atoms with Crippen LogP contribution in [0.15, 0.2) is 18.2 Å². The van der Waals surface area contributed by atoms with E-state index < -0.39 is 10.8 Å². The molecule has 3 N–H and O–H groups in total. The Kier molecular flexibility index (Phi) is 3.66. The number of hydrogen-bond acceptors (Lipinski definition) is 5. The molecule has 1 saturated carbocycles. The van der Waals surface area contributed by atoms with E-state index in [-0.39, 0.29) is 23.4 Å². The largest absolute Gasteiger partial charge is 0.381 e. The molecule has 0 unspecified atom stereocenters. The highest BCUT2D eigenvalue weighted by Crippen LogP contribution is 2.31. The lowest BCUT2D eigenvalue weighted by molar-refractivity contribution is -0.384. The molecule has 1 aromatic carbocycles. The molecular weight excluding hydrogens is 250 g/mol. The van der Waals surface area contributed by atoms with Gasteiger partial charge < -0.3 is 15.8 Å².